The van der Waals surface area contributed by atoms with E-state index in [9.17, 15) is 0 Å². The van der Waals surface area contributed by atoms with Crippen LogP contribution >= 0.6 is 15.9 Å². The summed E-state index contributed by atoms with van der Waals surface area (Å²) < 4.78 is 8.99. The summed E-state index contributed by atoms with van der Waals surface area (Å²) in [6.07, 6.45) is 3.78. The lowest BCUT2D eigenvalue weighted by atomic mass is 10.1. The van der Waals surface area contributed by atoms with E-state index in [1.807, 2.05) is 31.5 Å². The molecule has 0 radical (unpaired) electrons. The molecule has 0 saturated carbocycles. The predicted molar refractivity (Wildman–Crippen MR) is 84.1 cm³/mol. The molecule has 20 heavy (non-hydrogen) atoms. The normalized spacial score (nSPS) is 10.9. The molecule has 0 aliphatic rings. The summed E-state index contributed by atoms with van der Waals surface area (Å²) >= 11 is 3.48. The SMILES string of the molecule is Cc1nccn1CCOc1ccc2cc(Br)ccc2c1. The zero-order chi connectivity index (χ0) is 13.9. The van der Waals surface area contributed by atoms with Crippen LogP contribution in [-0.4, -0.2) is 16.2 Å². The number of halogens is 1. The molecule has 0 saturated heterocycles. The Bertz CT molecular complexity index is 736. The van der Waals surface area contributed by atoms with Gasteiger partial charge in [0.15, 0.2) is 0 Å². The highest BCUT2D eigenvalue weighted by molar-refractivity contribution is 9.10. The van der Waals surface area contributed by atoms with Crippen molar-refractivity contribution in [2.45, 2.75) is 13.5 Å². The van der Waals surface area contributed by atoms with Crippen molar-refractivity contribution >= 4 is 26.7 Å². The van der Waals surface area contributed by atoms with Crippen molar-refractivity contribution in [3.05, 3.63) is 59.1 Å². The Morgan fingerprint density at radius 1 is 1.15 bits per heavy atom. The minimum atomic E-state index is 0.638. The van der Waals surface area contributed by atoms with Crippen LogP contribution in [0.3, 0.4) is 0 Å². The zero-order valence-electron chi connectivity index (χ0n) is 11.2. The van der Waals surface area contributed by atoms with Gasteiger partial charge in [-0.2, -0.15) is 0 Å². The third-order valence-corrected chi connectivity index (χ3v) is 3.79. The molecule has 1 heterocycles. The lowest BCUT2D eigenvalue weighted by Crippen LogP contribution is -2.08. The molecular formula is C16H15BrN2O. The van der Waals surface area contributed by atoms with Gasteiger partial charge in [0.2, 0.25) is 0 Å². The topological polar surface area (TPSA) is 27.1 Å². The number of nitrogens with zero attached hydrogens (tertiary/aromatic N) is 2. The van der Waals surface area contributed by atoms with Gasteiger partial charge in [-0.25, -0.2) is 4.98 Å². The molecule has 0 bridgehead atoms. The van der Waals surface area contributed by atoms with E-state index in [1.54, 1.807) is 0 Å². The van der Waals surface area contributed by atoms with Crippen molar-refractivity contribution in [2.24, 2.45) is 0 Å². The first-order valence-corrected chi connectivity index (χ1v) is 7.31. The first kappa shape index (κ1) is 13.2. The molecule has 1 aromatic heterocycles. The lowest BCUT2D eigenvalue weighted by molar-refractivity contribution is 0.297. The average molecular weight is 331 g/mol. The zero-order valence-corrected chi connectivity index (χ0v) is 12.8. The van der Waals surface area contributed by atoms with Crippen LogP contribution < -0.4 is 4.74 Å². The van der Waals surface area contributed by atoms with E-state index in [1.165, 1.54) is 10.8 Å². The molecule has 0 amide bonds. The summed E-state index contributed by atoms with van der Waals surface area (Å²) in [4.78, 5) is 4.19. The summed E-state index contributed by atoms with van der Waals surface area (Å²) in [6.45, 7) is 3.44. The van der Waals surface area contributed by atoms with E-state index in [0.29, 0.717) is 6.61 Å². The first-order valence-electron chi connectivity index (χ1n) is 6.52. The molecule has 0 fully saturated rings. The number of fused-ring (bicyclic) bond motifs is 1. The van der Waals surface area contributed by atoms with Gasteiger partial charge >= 0.3 is 0 Å². The number of aromatic nitrogens is 2. The average Bonchev–Trinajstić information content (AvgIpc) is 2.85. The molecule has 102 valence electrons. The Balaban J connectivity index is 1.68. The Hall–Kier alpha value is -1.81. The summed E-state index contributed by atoms with van der Waals surface area (Å²) in [5.41, 5.74) is 0. The smallest absolute Gasteiger partial charge is 0.120 e. The van der Waals surface area contributed by atoms with Gasteiger partial charge in [-0.05, 0) is 42.0 Å². The number of hydrogen-bond donors (Lipinski definition) is 0. The number of aryl methyl sites for hydroxylation is 1. The predicted octanol–water partition coefficient (Wildman–Crippen LogP) is 4.19. The van der Waals surface area contributed by atoms with Crippen LogP contribution in [0.2, 0.25) is 0 Å². The minimum Gasteiger partial charge on any atom is -0.492 e. The maximum Gasteiger partial charge on any atom is 0.120 e. The van der Waals surface area contributed by atoms with E-state index < -0.39 is 0 Å². The third kappa shape index (κ3) is 2.85. The van der Waals surface area contributed by atoms with Crippen LogP contribution in [0.15, 0.2) is 53.3 Å². The summed E-state index contributed by atoms with van der Waals surface area (Å²) in [5.74, 6) is 1.91. The van der Waals surface area contributed by atoms with Gasteiger partial charge in [-0.1, -0.05) is 28.1 Å². The molecule has 0 unspecified atom stereocenters. The van der Waals surface area contributed by atoms with E-state index >= 15 is 0 Å². The summed E-state index contributed by atoms with van der Waals surface area (Å²) in [6, 6.07) is 12.4. The Morgan fingerprint density at radius 2 is 1.95 bits per heavy atom. The second-order valence-corrected chi connectivity index (χ2v) is 5.59. The Labute approximate surface area is 126 Å². The van der Waals surface area contributed by atoms with E-state index in [-0.39, 0.29) is 0 Å². The monoisotopic (exact) mass is 330 g/mol. The fraction of sp³-hybridized carbons (Fsp3) is 0.188. The van der Waals surface area contributed by atoms with Gasteiger partial charge in [0, 0.05) is 16.9 Å². The number of rotatable bonds is 4. The molecule has 3 rings (SSSR count). The van der Waals surface area contributed by atoms with Crippen LogP contribution in [0.5, 0.6) is 5.75 Å². The van der Waals surface area contributed by atoms with Crippen LogP contribution in [-0.2, 0) is 6.54 Å². The molecule has 0 N–H and O–H groups in total. The number of hydrogen-bond acceptors (Lipinski definition) is 2. The Kier molecular flexibility index (Phi) is 3.74. The summed E-state index contributed by atoms with van der Waals surface area (Å²) in [5, 5.41) is 2.39. The second kappa shape index (κ2) is 5.67. The number of imidazole rings is 1. The highest BCUT2D eigenvalue weighted by Gasteiger charge is 2.00. The van der Waals surface area contributed by atoms with Crippen molar-refractivity contribution in [2.75, 3.05) is 6.61 Å². The largest absolute Gasteiger partial charge is 0.492 e. The van der Waals surface area contributed by atoms with E-state index in [0.717, 1.165) is 22.6 Å². The van der Waals surface area contributed by atoms with Gasteiger partial charge < -0.3 is 9.30 Å². The van der Waals surface area contributed by atoms with Crippen molar-refractivity contribution in [3.63, 3.8) is 0 Å². The van der Waals surface area contributed by atoms with Crippen LogP contribution in [0, 0.1) is 6.92 Å². The molecule has 3 aromatic rings. The van der Waals surface area contributed by atoms with Gasteiger partial charge in [0.25, 0.3) is 0 Å². The van der Waals surface area contributed by atoms with Crippen LogP contribution in [0.25, 0.3) is 10.8 Å². The third-order valence-electron chi connectivity index (χ3n) is 3.30. The van der Waals surface area contributed by atoms with Gasteiger partial charge in [0.05, 0.1) is 6.54 Å². The highest BCUT2D eigenvalue weighted by atomic mass is 79.9. The molecular weight excluding hydrogens is 316 g/mol. The van der Waals surface area contributed by atoms with Crippen molar-refractivity contribution in [1.82, 2.24) is 9.55 Å². The molecule has 0 aliphatic carbocycles. The van der Waals surface area contributed by atoms with Gasteiger partial charge in [-0.15, -0.1) is 0 Å². The standard InChI is InChI=1S/C16H15BrN2O/c1-12-18-6-7-19(12)8-9-20-16-5-3-13-10-15(17)4-2-14(13)11-16/h2-7,10-11H,8-9H2,1H3. The fourth-order valence-electron chi connectivity index (χ4n) is 2.19. The van der Waals surface area contributed by atoms with Crippen LogP contribution in [0.4, 0.5) is 0 Å². The molecule has 0 aliphatic heterocycles. The van der Waals surface area contributed by atoms with E-state index in [4.69, 9.17) is 4.74 Å². The number of ether oxygens (including phenoxy) is 1. The molecule has 4 heteroatoms. The highest BCUT2D eigenvalue weighted by Crippen LogP contribution is 2.24. The van der Waals surface area contributed by atoms with Crippen molar-refractivity contribution < 1.29 is 4.74 Å². The second-order valence-electron chi connectivity index (χ2n) is 4.67. The number of benzene rings is 2. The van der Waals surface area contributed by atoms with Crippen molar-refractivity contribution in [1.29, 1.82) is 0 Å². The quantitative estimate of drug-likeness (QED) is 0.717. The summed E-state index contributed by atoms with van der Waals surface area (Å²) in [7, 11) is 0. The minimum absolute atomic E-state index is 0.638. The lowest BCUT2D eigenvalue weighted by Gasteiger charge is -2.09. The van der Waals surface area contributed by atoms with Gasteiger partial charge in [-0.3, -0.25) is 0 Å². The molecule has 3 nitrogen and oxygen atoms in total. The van der Waals surface area contributed by atoms with Crippen molar-refractivity contribution in [3.8, 4) is 5.75 Å². The molecule has 0 spiro atoms. The fourth-order valence-corrected chi connectivity index (χ4v) is 2.57. The first-order chi connectivity index (χ1) is 9.72. The maximum atomic E-state index is 5.81. The van der Waals surface area contributed by atoms with E-state index in [2.05, 4.69) is 49.7 Å². The molecule has 0 atom stereocenters. The van der Waals surface area contributed by atoms with Gasteiger partial charge in [0.1, 0.15) is 18.2 Å². The Morgan fingerprint density at radius 3 is 2.75 bits per heavy atom. The van der Waals surface area contributed by atoms with Crippen LogP contribution in [0.1, 0.15) is 5.82 Å². The maximum absolute atomic E-state index is 5.81. The molecule has 2 aromatic carbocycles.